The maximum Gasteiger partial charge on any atom is 0.325 e. The summed E-state index contributed by atoms with van der Waals surface area (Å²) in [5.41, 5.74) is 0.165. The third-order valence-electron chi connectivity index (χ3n) is 3.55. The monoisotopic (exact) mass is 283 g/mol. The van der Waals surface area contributed by atoms with Crippen molar-refractivity contribution in [3.8, 4) is 0 Å². The summed E-state index contributed by atoms with van der Waals surface area (Å²) in [6.45, 7) is 4.58. The van der Waals surface area contributed by atoms with Crippen molar-refractivity contribution >= 4 is 17.7 Å². The molecule has 1 fully saturated rings. The first-order valence-corrected chi connectivity index (χ1v) is 7.60. The van der Waals surface area contributed by atoms with Gasteiger partial charge in [-0.1, -0.05) is 6.92 Å². The van der Waals surface area contributed by atoms with Crippen LogP contribution in [0.25, 0.3) is 0 Å². The molecule has 0 radical (unpaired) electrons. The van der Waals surface area contributed by atoms with Crippen LogP contribution in [0.5, 0.6) is 0 Å². The van der Waals surface area contributed by atoms with E-state index in [-0.39, 0.29) is 5.92 Å². The van der Waals surface area contributed by atoms with Crippen LogP contribution in [0.1, 0.15) is 25.5 Å². The van der Waals surface area contributed by atoms with Crippen LogP contribution in [-0.4, -0.2) is 38.7 Å². The summed E-state index contributed by atoms with van der Waals surface area (Å²) in [7, 11) is 1.89. The van der Waals surface area contributed by atoms with Gasteiger partial charge in [0.05, 0.1) is 10.7 Å². The standard InChI is InChI=1S/C13H21N3O2S/c1-4-14-13(12(17)18,10-5-6-10)8-19-11-7-9(2)15-16(11)3/h7,10,14H,4-6,8H2,1-3H3,(H,17,18). The average molecular weight is 283 g/mol. The Labute approximate surface area is 117 Å². The molecule has 0 spiro atoms. The number of carbonyl (C=O) groups is 1. The zero-order valence-electron chi connectivity index (χ0n) is 11.6. The van der Waals surface area contributed by atoms with Crippen molar-refractivity contribution in [3.63, 3.8) is 0 Å². The van der Waals surface area contributed by atoms with E-state index < -0.39 is 11.5 Å². The maximum absolute atomic E-state index is 11.7. The SMILES string of the molecule is CCNC(CSc1cc(C)nn1C)(C(=O)O)C1CC1. The molecule has 1 atom stereocenters. The molecule has 5 nitrogen and oxygen atoms in total. The number of hydrogen-bond donors (Lipinski definition) is 2. The van der Waals surface area contributed by atoms with Gasteiger partial charge in [-0.3, -0.25) is 9.48 Å². The largest absolute Gasteiger partial charge is 0.480 e. The second-order valence-corrected chi connectivity index (χ2v) is 6.11. The first-order valence-electron chi connectivity index (χ1n) is 6.61. The summed E-state index contributed by atoms with van der Waals surface area (Å²) in [4.78, 5) is 11.7. The lowest BCUT2D eigenvalue weighted by molar-refractivity contribution is -0.144. The third-order valence-corrected chi connectivity index (χ3v) is 4.83. The molecule has 0 saturated heterocycles. The molecule has 1 aromatic heterocycles. The number of likely N-dealkylation sites (N-methyl/N-ethyl adjacent to an activating group) is 1. The Balaban J connectivity index is 2.12. The van der Waals surface area contributed by atoms with Gasteiger partial charge in [0.25, 0.3) is 0 Å². The van der Waals surface area contributed by atoms with Gasteiger partial charge in [-0.2, -0.15) is 5.10 Å². The molecule has 1 heterocycles. The van der Waals surface area contributed by atoms with Crippen molar-refractivity contribution in [1.29, 1.82) is 0 Å². The summed E-state index contributed by atoms with van der Waals surface area (Å²) >= 11 is 1.57. The molecule has 6 heteroatoms. The van der Waals surface area contributed by atoms with E-state index in [4.69, 9.17) is 0 Å². The molecule has 0 amide bonds. The van der Waals surface area contributed by atoms with Crippen molar-refractivity contribution in [2.45, 2.75) is 37.3 Å². The fraction of sp³-hybridized carbons (Fsp3) is 0.692. The number of nitrogens with zero attached hydrogens (tertiary/aromatic N) is 2. The summed E-state index contributed by atoms with van der Waals surface area (Å²) in [6.07, 6.45) is 2.01. The number of aliphatic carboxylic acids is 1. The smallest absolute Gasteiger partial charge is 0.325 e. The van der Waals surface area contributed by atoms with Crippen LogP contribution in [0, 0.1) is 12.8 Å². The molecule has 1 aliphatic rings. The number of aromatic nitrogens is 2. The molecule has 1 aliphatic carbocycles. The Morgan fingerprint density at radius 2 is 2.37 bits per heavy atom. The zero-order chi connectivity index (χ0) is 14.0. The highest BCUT2D eigenvalue weighted by atomic mass is 32.2. The highest BCUT2D eigenvalue weighted by Crippen LogP contribution is 2.42. The second-order valence-electron chi connectivity index (χ2n) is 5.12. The first kappa shape index (κ1) is 14.4. The number of hydrogen-bond acceptors (Lipinski definition) is 4. The summed E-state index contributed by atoms with van der Waals surface area (Å²) in [5, 5.41) is 18.1. The van der Waals surface area contributed by atoms with E-state index in [1.807, 2.05) is 31.6 Å². The van der Waals surface area contributed by atoms with Crippen LogP contribution in [0.2, 0.25) is 0 Å². The molecule has 0 bridgehead atoms. The Morgan fingerprint density at radius 1 is 1.68 bits per heavy atom. The molecular formula is C13H21N3O2S. The van der Waals surface area contributed by atoms with Crippen LogP contribution < -0.4 is 5.32 Å². The molecule has 0 aliphatic heterocycles. The Bertz CT molecular complexity index is 470. The average Bonchev–Trinajstić information content (AvgIpc) is 3.12. The normalized spacial score (nSPS) is 18.3. The van der Waals surface area contributed by atoms with E-state index in [2.05, 4.69) is 10.4 Å². The predicted molar refractivity (Wildman–Crippen MR) is 75.4 cm³/mol. The van der Waals surface area contributed by atoms with Crippen LogP contribution in [0.4, 0.5) is 0 Å². The number of carboxylic acid groups (broad SMARTS) is 1. The fourth-order valence-corrected chi connectivity index (χ4v) is 3.74. The van der Waals surface area contributed by atoms with E-state index in [0.717, 1.165) is 23.6 Å². The number of carboxylic acids is 1. The minimum atomic E-state index is -0.794. The Hall–Kier alpha value is -1.01. The number of nitrogens with one attached hydrogen (secondary N) is 1. The minimum Gasteiger partial charge on any atom is -0.480 e. The van der Waals surface area contributed by atoms with Crippen LogP contribution >= 0.6 is 11.8 Å². The Morgan fingerprint density at radius 3 is 2.79 bits per heavy atom. The van der Waals surface area contributed by atoms with Crippen LogP contribution in [0.15, 0.2) is 11.1 Å². The molecule has 106 valence electrons. The van der Waals surface area contributed by atoms with Crippen molar-refractivity contribution in [3.05, 3.63) is 11.8 Å². The maximum atomic E-state index is 11.7. The lowest BCUT2D eigenvalue weighted by Gasteiger charge is -2.30. The molecule has 19 heavy (non-hydrogen) atoms. The molecule has 1 aromatic rings. The van der Waals surface area contributed by atoms with Crippen molar-refractivity contribution in [1.82, 2.24) is 15.1 Å². The van der Waals surface area contributed by atoms with Gasteiger partial charge in [-0.15, -0.1) is 11.8 Å². The van der Waals surface area contributed by atoms with E-state index in [0.29, 0.717) is 12.3 Å². The molecule has 0 aromatic carbocycles. The highest BCUT2D eigenvalue weighted by Gasteiger charge is 2.50. The van der Waals surface area contributed by atoms with Gasteiger partial charge in [0.2, 0.25) is 0 Å². The van der Waals surface area contributed by atoms with E-state index in [1.165, 1.54) is 0 Å². The Kier molecular flexibility index (Phi) is 4.20. The summed E-state index contributed by atoms with van der Waals surface area (Å²) in [5.74, 6) is 0.0646. The van der Waals surface area contributed by atoms with E-state index in [9.17, 15) is 9.90 Å². The number of rotatable bonds is 7. The molecular weight excluding hydrogens is 262 g/mol. The molecule has 1 saturated carbocycles. The molecule has 2 rings (SSSR count). The van der Waals surface area contributed by atoms with Gasteiger partial charge >= 0.3 is 5.97 Å². The quantitative estimate of drug-likeness (QED) is 0.745. The number of thioether (sulfide) groups is 1. The van der Waals surface area contributed by atoms with Crippen molar-refractivity contribution < 1.29 is 9.90 Å². The zero-order valence-corrected chi connectivity index (χ0v) is 12.5. The van der Waals surface area contributed by atoms with Gasteiger partial charge in [0.15, 0.2) is 0 Å². The highest BCUT2D eigenvalue weighted by molar-refractivity contribution is 7.99. The van der Waals surface area contributed by atoms with Gasteiger partial charge in [-0.05, 0) is 38.3 Å². The molecule has 1 unspecified atom stereocenters. The first-order chi connectivity index (χ1) is 8.99. The lowest BCUT2D eigenvalue weighted by atomic mass is 9.96. The van der Waals surface area contributed by atoms with Gasteiger partial charge in [-0.25, -0.2) is 0 Å². The molecule has 2 N–H and O–H groups in total. The van der Waals surface area contributed by atoms with Gasteiger partial charge < -0.3 is 10.4 Å². The van der Waals surface area contributed by atoms with Crippen molar-refractivity contribution in [2.24, 2.45) is 13.0 Å². The number of aryl methyl sites for hydroxylation is 2. The van der Waals surface area contributed by atoms with Crippen molar-refractivity contribution in [2.75, 3.05) is 12.3 Å². The van der Waals surface area contributed by atoms with E-state index >= 15 is 0 Å². The lowest BCUT2D eigenvalue weighted by Crippen LogP contribution is -2.56. The second kappa shape index (κ2) is 5.54. The minimum absolute atomic E-state index is 0.256. The van der Waals surface area contributed by atoms with Crippen LogP contribution in [0.3, 0.4) is 0 Å². The van der Waals surface area contributed by atoms with Gasteiger partial charge in [0, 0.05) is 12.8 Å². The summed E-state index contributed by atoms with van der Waals surface area (Å²) in [6, 6.07) is 2.00. The van der Waals surface area contributed by atoms with E-state index in [1.54, 1.807) is 11.8 Å². The van der Waals surface area contributed by atoms with Gasteiger partial charge in [0.1, 0.15) is 5.54 Å². The van der Waals surface area contributed by atoms with Crippen LogP contribution in [-0.2, 0) is 11.8 Å². The third kappa shape index (κ3) is 2.95. The predicted octanol–water partition coefficient (Wildman–Crippen LogP) is 1.66. The topological polar surface area (TPSA) is 67.2 Å². The summed E-state index contributed by atoms with van der Waals surface area (Å²) < 4.78 is 1.81. The fourth-order valence-electron chi connectivity index (χ4n) is 2.43.